The molecule has 284 valence electrons. The highest BCUT2D eigenvalue weighted by Gasteiger charge is 2.38. The fraction of sp³-hybridized carbons (Fsp3) is 0.109. The van der Waals surface area contributed by atoms with E-state index in [0.717, 1.165) is 53.8 Å². The Balaban J connectivity index is 0.986. The molecule has 1 aromatic heterocycles. The zero-order valence-electron chi connectivity index (χ0n) is 33.5. The van der Waals surface area contributed by atoms with Crippen LogP contribution in [0, 0.1) is 0 Å². The normalized spacial score (nSPS) is 14.7. The van der Waals surface area contributed by atoms with Gasteiger partial charge in [-0.15, -0.1) is 11.3 Å². The zero-order valence-corrected chi connectivity index (χ0v) is 34.3. The van der Waals surface area contributed by atoms with Crippen molar-refractivity contribution in [1.82, 2.24) is 0 Å². The second-order valence-electron chi connectivity index (χ2n) is 16.9. The molecule has 0 radical (unpaired) electrons. The van der Waals surface area contributed by atoms with Gasteiger partial charge in [-0.1, -0.05) is 137 Å². The maximum Gasteiger partial charge on any atom is 0.195 e. The maximum absolute atomic E-state index is 14.5. The Hall–Kier alpha value is -6.75. The van der Waals surface area contributed by atoms with Crippen LogP contribution in [0.2, 0.25) is 0 Å². The summed E-state index contributed by atoms with van der Waals surface area (Å²) in [5.74, 6) is 0. The monoisotopic (exact) mass is 778 g/mol. The summed E-state index contributed by atoms with van der Waals surface area (Å²) < 4.78 is 1.98. The molecule has 0 bridgehead atoms. The molecule has 4 heteroatoms. The van der Waals surface area contributed by atoms with Crippen LogP contribution in [0.3, 0.4) is 0 Å². The summed E-state index contributed by atoms with van der Waals surface area (Å²) >= 11 is 1.68. The topological polar surface area (TPSA) is 23.6 Å². The van der Waals surface area contributed by atoms with Gasteiger partial charge in [0.15, 0.2) is 5.43 Å². The van der Waals surface area contributed by atoms with Gasteiger partial charge in [-0.2, -0.15) is 0 Å². The molecule has 2 aliphatic rings. The minimum Gasteiger partial charge on any atom is -0.310 e. The molecule has 9 aromatic rings. The second kappa shape index (κ2) is 13.1. The molecule has 2 aliphatic heterocycles. The van der Waals surface area contributed by atoms with Gasteiger partial charge >= 0.3 is 0 Å². The van der Waals surface area contributed by atoms with Gasteiger partial charge in [0.2, 0.25) is 0 Å². The van der Waals surface area contributed by atoms with E-state index >= 15 is 0 Å². The molecule has 0 unspecified atom stereocenters. The molecule has 0 amide bonds. The fourth-order valence-corrected chi connectivity index (χ4v) is 10.8. The van der Waals surface area contributed by atoms with Gasteiger partial charge in [0.1, 0.15) is 0 Å². The lowest BCUT2D eigenvalue weighted by atomic mass is 9.73. The minimum atomic E-state index is -0.125. The van der Waals surface area contributed by atoms with Crippen LogP contribution in [0.1, 0.15) is 49.9 Å². The number of rotatable bonds is 4. The molecule has 3 nitrogen and oxygen atoms in total. The van der Waals surface area contributed by atoms with Crippen LogP contribution in [0.5, 0.6) is 0 Å². The van der Waals surface area contributed by atoms with Crippen LogP contribution in [0.4, 0.5) is 34.1 Å². The summed E-state index contributed by atoms with van der Waals surface area (Å²) in [4.78, 5) is 19.3. The predicted octanol–water partition coefficient (Wildman–Crippen LogP) is 15.0. The zero-order chi connectivity index (χ0) is 40.0. The van der Waals surface area contributed by atoms with Crippen LogP contribution in [-0.2, 0) is 10.8 Å². The number of fused-ring (bicyclic) bond motifs is 6. The summed E-state index contributed by atoms with van der Waals surface area (Å²) in [5.41, 5.74) is 16.2. The van der Waals surface area contributed by atoms with Crippen LogP contribution in [-0.4, -0.2) is 0 Å². The highest BCUT2D eigenvalue weighted by molar-refractivity contribution is 7.24. The first-order valence-corrected chi connectivity index (χ1v) is 21.2. The van der Waals surface area contributed by atoms with E-state index in [1.165, 1.54) is 45.0 Å². The first-order valence-electron chi connectivity index (χ1n) is 20.4. The van der Waals surface area contributed by atoms with Crippen molar-refractivity contribution in [3.05, 3.63) is 214 Å². The van der Waals surface area contributed by atoms with E-state index in [2.05, 4.69) is 219 Å². The van der Waals surface area contributed by atoms with E-state index in [9.17, 15) is 4.79 Å². The van der Waals surface area contributed by atoms with Gasteiger partial charge in [-0.3, -0.25) is 4.79 Å². The van der Waals surface area contributed by atoms with Gasteiger partial charge < -0.3 is 9.80 Å². The maximum atomic E-state index is 14.5. The van der Waals surface area contributed by atoms with E-state index in [1.807, 2.05) is 0 Å². The lowest BCUT2D eigenvalue weighted by Crippen LogP contribution is -2.30. The fourth-order valence-electron chi connectivity index (χ4n) is 9.76. The van der Waals surface area contributed by atoms with Crippen molar-refractivity contribution in [3.8, 4) is 22.3 Å². The molecular formula is C55H42N2OS. The highest BCUT2D eigenvalue weighted by atomic mass is 32.1. The average Bonchev–Trinajstić information content (AvgIpc) is 3.27. The van der Waals surface area contributed by atoms with Crippen molar-refractivity contribution in [2.24, 2.45) is 0 Å². The molecule has 3 heterocycles. The van der Waals surface area contributed by atoms with Crippen LogP contribution in [0.15, 0.2) is 187 Å². The highest BCUT2D eigenvalue weighted by Crippen LogP contribution is 2.53. The Kier molecular flexibility index (Phi) is 7.89. The number of para-hydroxylation sites is 4. The van der Waals surface area contributed by atoms with Crippen LogP contribution >= 0.6 is 11.3 Å². The van der Waals surface area contributed by atoms with Gasteiger partial charge in [0.05, 0.1) is 22.7 Å². The van der Waals surface area contributed by atoms with E-state index in [1.54, 1.807) is 11.3 Å². The third-order valence-corrected chi connectivity index (χ3v) is 14.0. The molecule has 59 heavy (non-hydrogen) atoms. The molecule has 0 saturated heterocycles. The molecule has 0 N–H and O–H groups in total. The van der Waals surface area contributed by atoms with Gasteiger partial charge in [-0.05, 0) is 117 Å². The molecule has 0 aliphatic carbocycles. The second-order valence-corrected chi connectivity index (χ2v) is 18.0. The van der Waals surface area contributed by atoms with Crippen molar-refractivity contribution in [2.75, 3.05) is 9.80 Å². The van der Waals surface area contributed by atoms with Crippen molar-refractivity contribution in [1.29, 1.82) is 0 Å². The predicted molar refractivity (Wildman–Crippen MR) is 250 cm³/mol. The van der Waals surface area contributed by atoms with E-state index in [4.69, 9.17) is 0 Å². The van der Waals surface area contributed by atoms with Crippen LogP contribution < -0.4 is 15.2 Å². The number of benzene rings is 8. The number of hydrogen-bond donors (Lipinski definition) is 0. The Morgan fingerprint density at radius 2 is 0.712 bits per heavy atom. The lowest BCUT2D eigenvalue weighted by molar-refractivity contribution is 0.632. The van der Waals surface area contributed by atoms with Gasteiger partial charge in [0.25, 0.3) is 0 Å². The van der Waals surface area contributed by atoms with Crippen LogP contribution in [0.25, 0.3) is 42.4 Å². The van der Waals surface area contributed by atoms with E-state index in [0.29, 0.717) is 0 Å². The summed E-state index contributed by atoms with van der Waals surface area (Å²) in [5, 5.41) is 1.49. The molecule has 8 aromatic carbocycles. The average molecular weight is 779 g/mol. The largest absolute Gasteiger partial charge is 0.310 e. The summed E-state index contributed by atoms with van der Waals surface area (Å²) in [7, 11) is 0. The Bertz CT molecular complexity index is 2920. The Morgan fingerprint density at radius 1 is 0.373 bits per heavy atom. The molecular weight excluding hydrogens is 737 g/mol. The molecule has 0 atom stereocenters. The summed E-state index contributed by atoms with van der Waals surface area (Å²) in [6, 6.07) is 65.1. The van der Waals surface area contributed by atoms with Gasteiger partial charge in [-0.25, -0.2) is 0 Å². The first kappa shape index (κ1) is 35.4. The smallest absolute Gasteiger partial charge is 0.195 e. The van der Waals surface area contributed by atoms with Crippen molar-refractivity contribution >= 4 is 65.6 Å². The number of anilines is 6. The van der Waals surface area contributed by atoms with Crippen molar-refractivity contribution in [2.45, 2.75) is 38.5 Å². The van der Waals surface area contributed by atoms with Crippen molar-refractivity contribution < 1.29 is 0 Å². The summed E-state index contributed by atoms with van der Waals surface area (Å²) in [6.45, 7) is 9.25. The van der Waals surface area contributed by atoms with E-state index in [-0.39, 0.29) is 16.3 Å². The lowest BCUT2D eigenvalue weighted by Gasteiger charge is -2.42. The number of hydrogen-bond acceptors (Lipinski definition) is 4. The Labute approximate surface area is 349 Å². The summed E-state index contributed by atoms with van der Waals surface area (Å²) in [6.07, 6.45) is 0. The van der Waals surface area contributed by atoms with E-state index < -0.39 is 0 Å². The molecule has 0 saturated carbocycles. The Morgan fingerprint density at radius 3 is 1.08 bits per heavy atom. The standard InChI is InChI=1S/C55H42N2OS/c1-54(2)43-19-5-9-23-47(43)56(48-24-10-6-20-44(48)54)39-17-13-15-35(31-39)37-27-29-51-41(33-37)53(58)42-34-38(28-30-52(42)59-51)36-16-14-18-40(32-36)57-49-25-11-7-21-45(49)55(3,4)46-22-8-12-26-50(46)57/h5-34H,1-4H3. The third-order valence-electron chi connectivity index (χ3n) is 12.8. The molecule has 0 spiro atoms. The minimum absolute atomic E-state index is 0.0620. The molecule has 11 rings (SSSR count). The molecule has 0 fully saturated rings. The third kappa shape index (κ3) is 5.43. The van der Waals surface area contributed by atoms with Crippen molar-refractivity contribution in [3.63, 3.8) is 0 Å². The quantitative estimate of drug-likeness (QED) is 0.166. The first-order chi connectivity index (χ1) is 28.7. The SMILES string of the molecule is CC1(C)c2ccccc2N(c2cccc(-c3ccc4sc5ccc(-c6cccc(N7c8ccccc8C(C)(C)c8ccccc87)c6)cc5c(=O)c4c3)c2)c2ccccc21. The number of nitrogens with zero attached hydrogens (tertiary/aromatic N) is 2. The van der Waals surface area contributed by atoms with Gasteiger partial charge in [0, 0.05) is 42.4 Å².